The molecule has 0 aliphatic heterocycles. The fourth-order valence-corrected chi connectivity index (χ4v) is 0. The molecule has 0 N–H and O–H groups in total. The second-order valence-corrected chi connectivity index (χ2v) is 0. The number of rotatable bonds is 0. The van der Waals surface area contributed by atoms with Crippen LogP contribution in [-0.4, -0.2) is 0 Å². The Bertz CT molecular complexity index is 84.7. The summed E-state index contributed by atoms with van der Waals surface area (Å²) in [5, 5.41) is 32.5. The smallest absolute Gasteiger partial charge is 1.00 e. The van der Waals surface area contributed by atoms with E-state index in [2.05, 4.69) is 32.9 Å². The molecule has 0 spiro atoms. The molecule has 0 fully saturated rings. The van der Waals surface area contributed by atoms with Crippen molar-refractivity contribution in [1.82, 2.24) is 0 Å². The zero-order chi connectivity index (χ0) is 10.0. The van der Waals surface area contributed by atoms with Crippen LogP contribution < -0.4 is 103 Å². The summed E-state index contributed by atoms with van der Waals surface area (Å²) in [6.45, 7) is 17.5. The van der Waals surface area contributed by atoms with Gasteiger partial charge in [0.2, 0.25) is 0 Å². The van der Waals surface area contributed by atoms with Gasteiger partial charge in [0.15, 0.2) is 0 Å². The van der Waals surface area contributed by atoms with Gasteiger partial charge >= 0.3 is 103 Å². The molecule has 12 heavy (non-hydrogen) atoms. The molecule has 0 aliphatic rings. The summed E-state index contributed by atoms with van der Waals surface area (Å²) >= 11 is 0. The summed E-state index contributed by atoms with van der Waals surface area (Å²) in [5.74, 6) is 0. The van der Waals surface area contributed by atoms with E-state index in [1.165, 1.54) is 0 Å². The van der Waals surface area contributed by atoms with Gasteiger partial charge in [-0.3, -0.25) is 0 Å². The van der Waals surface area contributed by atoms with Crippen LogP contribution in [0.2, 0.25) is 0 Å². The molecule has 0 amide bonds. The molecule has 0 heterocycles. The molecule has 0 aromatic rings. The summed E-state index contributed by atoms with van der Waals surface area (Å²) in [6, 6.07) is 0. The number of nitrogens with zero attached hydrogens (tertiary/aromatic N) is 5. The molecular weight excluding hydrogens is 208 g/mol. The first-order valence-electron chi connectivity index (χ1n) is 1.29. The first kappa shape index (κ1) is 53.4. The molecule has 5 nitrogen and oxygen atoms in total. The zero-order valence-corrected chi connectivity index (χ0v) is 13.4. The maximum atomic E-state index is 6.50. The van der Waals surface area contributed by atoms with Crippen molar-refractivity contribution in [2.75, 3.05) is 0 Å². The van der Waals surface area contributed by atoms with Crippen molar-refractivity contribution < 1.29 is 106 Å². The molecular formula is C5H7K2N5. The third kappa shape index (κ3) is 1940. The molecule has 0 aromatic carbocycles. The van der Waals surface area contributed by atoms with Crippen LogP contribution >= 0.6 is 0 Å². The van der Waals surface area contributed by atoms with Crippen molar-refractivity contribution in [2.45, 2.75) is 0 Å². The average Bonchev–Trinajstić information content (AvgIpc) is 2.20. The van der Waals surface area contributed by atoms with E-state index in [1.54, 1.807) is 0 Å². The molecule has 0 atom stereocenters. The molecule has 0 rings (SSSR count). The van der Waals surface area contributed by atoms with Gasteiger partial charge in [0.25, 0.3) is 0 Å². The molecule has 0 unspecified atom stereocenters. The number of hydrogen-bond donors (Lipinski definition) is 0. The fourth-order valence-electron chi connectivity index (χ4n) is 0. The molecule has 0 aliphatic carbocycles. The Morgan fingerprint density at radius 3 is 0.417 bits per heavy atom. The Balaban J connectivity index is -0.00000000298. The molecule has 0 bridgehead atoms. The Labute approximate surface area is 161 Å². The van der Waals surface area contributed by atoms with Crippen LogP contribution in [0, 0.1) is 59.2 Å². The van der Waals surface area contributed by atoms with E-state index in [0.717, 1.165) is 0 Å². The van der Waals surface area contributed by atoms with Crippen molar-refractivity contribution in [3.8, 4) is 32.9 Å². The van der Waals surface area contributed by atoms with Crippen LogP contribution in [0.4, 0.5) is 0 Å². The molecule has 0 radical (unpaired) electrons. The largest absolute Gasteiger partial charge is 1.00 e. The SMILES string of the molecule is C#N.C#N.C#N.C#N.C#N.[H-].[H-].[K+].[K+]. The number of hydrogen-bond acceptors (Lipinski definition) is 5. The molecule has 0 saturated carbocycles. The first-order valence-corrected chi connectivity index (χ1v) is 1.29. The van der Waals surface area contributed by atoms with Crippen LogP contribution in [0.3, 0.4) is 0 Å². The third-order valence-corrected chi connectivity index (χ3v) is 0. The maximum absolute atomic E-state index is 6.50. The Kier molecular flexibility index (Phi) is 11500. The summed E-state index contributed by atoms with van der Waals surface area (Å²) in [6.07, 6.45) is 0. The van der Waals surface area contributed by atoms with Crippen LogP contribution in [0.5, 0.6) is 0 Å². The Hall–Kier alpha value is 0.723. The first-order chi connectivity index (χ1) is 5.00. The summed E-state index contributed by atoms with van der Waals surface area (Å²) in [5.41, 5.74) is 0. The minimum atomic E-state index is 0. The summed E-state index contributed by atoms with van der Waals surface area (Å²) < 4.78 is 0. The van der Waals surface area contributed by atoms with E-state index in [4.69, 9.17) is 26.3 Å². The van der Waals surface area contributed by atoms with Gasteiger partial charge in [-0.25, -0.2) is 26.3 Å². The second-order valence-electron chi connectivity index (χ2n) is 0. The molecule has 54 valence electrons. The maximum Gasteiger partial charge on any atom is 1.00 e. The average molecular weight is 215 g/mol. The van der Waals surface area contributed by atoms with Gasteiger partial charge < -0.3 is 2.85 Å². The van der Waals surface area contributed by atoms with Gasteiger partial charge in [0, 0.05) is 32.9 Å². The van der Waals surface area contributed by atoms with Crippen molar-refractivity contribution in [3.05, 3.63) is 0 Å². The van der Waals surface area contributed by atoms with Crippen molar-refractivity contribution >= 4 is 0 Å². The van der Waals surface area contributed by atoms with Crippen LogP contribution in [-0.2, 0) is 0 Å². The molecule has 0 saturated heterocycles. The van der Waals surface area contributed by atoms with Crippen LogP contribution in [0.25, 0.3) is 0 Å². The topological polar surface area (TPSA) is 119 Å². The molecule has 0 aromatic heterocycles. The van der Waals surface area contributed by atoms with E-state index >= 15 is 0 Å². The van der Waals surface area contributed by atoms with E-state index in [0.29, 0.717) is 0 Å². The van der Waals surface area contributed by atoms with Gasteiger partial charge in [-0.2, -0.15) is 0 Å². The van der Waals surface area contributed by atoms with E-state index in [1.807, 2.05) is 0 Å². The van der Waals surface area contributed by atoms with Gasteiger partial charge in [0.1, 0.15) is 0 Å². The quantitative estimate of drug-likeness (QED) is 0.374. The third-order valence-electron chi connectivity index (χ3n) is 0. The second kappa shape index (κ2) is 2580. The van der Waals surface area contributed by atoms with Gasteiger partial charge in [-0.1, -0.05) is 0 Å². The van der Waals surface area contributed by atoms with Crippen molar-refractivity contribution in [1.29, 1.82) is 26.3 Å². The predicted molar refractivity (Wildman–Crippen MR) is 35.6 cm³/mol. The standard InChI is InChI=1S/5CHN.2K.2H/c5*1-2;;;;/h5*1H;;;;/q;;;;;2*+1;2*-1. The Morgan fingerprint density at radius 2 is 0.417 bits per heavy atom. The zero-order valence-electron chi connectivity index (χ0n) is 9.12. The van der Waals surface area contributed by atoms with Gasteiger partial charge in [-0.15, -0.1) is 0 Å². The van der Waals surface area contributed by atoms with Crippen molar-refractivity contribution in [3.63, 3.8) is 0 Å². The minimum absolute atomic E-state index is 0. The Morgan fingerprint density at radius 1 is 0.417 bits per heavy atom. The van der Waals surface area contributed by atoms with E-state index in [-0.39, 0.29) is 106 Å². The fraction of sp³-hybridized carbons (Fsp3) is 0. The summed E-state index contributed by atoms with van der Waals surface area (Å²) in [7, 11) is 0. The minimum Gasteiger partial charge on any atom is -1.00 e. The predicted octanol–water partition coefficient (Wildman–Crippen LogP) is -5.07. The van der Waals surface area contributed by atoms with Crippen LogP contribution in [0.15, 0.2) is 0 Å². The van der Waals surface area contributed by atoms with Gasteiger partial charge in [-0.05, 0) is 0 Å². The van der Waals surface area contributed by atoms with Crippen LogP contribution in [0.1, 0.15) is 2.85 Å². The summed E-state index contributed by atoms with van der Waals surface area (Å²) in [4.78, 5) is 0. The van der Waals surface area contributed by atoms with E-state index in [9.17, 15) is 0 Å². The number of nitriles is 5. The van der Waals surface area contributed by atoms with Gasteiger partial charge in [0.05, 0.1) is 0 Å². The normalized spacial score (nSPS) is 0.833. The monoisotopic (exact) mass is 215 g/mol. The molecule has 7 heteroatoms. The van der Waals surface area contributed by atoms with E-state index < -0.39 is 0 Å². The van der Waals surface area contributed by atoms with Crippen molar-refractivity contribution in [2.24, 2.45) is 0 Å².